The van der Waals surface area contributed by atoms with Gasteiger partial charge in [-0.15, -0.1) is 0 Å². The van der Waals surface area contributed by atoms with Gasteiger partial charge in [-0.1, -0.05) is 68.4 Å². The number of nitrogens with zero attached hydrogens (tertiary/aromatic N) is 4. The molecule has 13 nitrogen and oxygen atoms in total. The van der Waals surface area contributed by atoms with Gasteiger partial charge in [-0.05, 0) is 67.0 Å². The molecule has 0 aliphatic carbocycles. The predicted molar refractivity (Wildman–Crippen MR) is 208 cm³/mol. The van der Waals surface area contributed by atoms with E-state index in [4.69, 9.17) is 15.3 Å². The molecule has 2 aliphatic rings. The van der Waals surface area contributed by atoms with E-state index in [1.54, 1.807) is 36.2 Å². The fourth-order valence-corrected chi connectivity index (χ4v) is 6.71. The number of likely N-dealkylation sites (N-methyl/N-ethyl adjacent to an activating group) is 1. The Kier molecular flexibility index (Phi) is 14.2. The van der Waals surface area contributed by atoms with Crippen molar-refractivity contribution in [3.05, 3.63) is 95.6 Å². The minimum absolute atomic E-state index is 0.0472. The van der Waals surface area contributed by atoms with E-state index in [2.05, 4.69) is 20.7 Å². The largest absolute Gasteiger partial charge is 0.492 e. The molecule has 3 atom stereocenters. The van der Waals surface area contributed by atoms with Crippen molar-refractivity contribution in [2.75, 3.05) is 39.9 Å². The van der Waals surface area contributed by atoms with Crippen molar-refractivity contribution < 1.29 is 28.7 Å². The van der Waals surface area contributed by atoms with Crippen molar-refractivity contribution in [2.45, 2.75) is 64.1 Å². The van der Waals surface area contributed by atoms with Crippen molar-refractivity contribution in [1.82, 2.24) is 20.4 Å². The van der Waals surface area contributed by atoms with Gasteiger partial charge in [0.2, 0.25) is 17.7 Å². The van der Waals surface area contributed by atoms with Gasteiger partial charge in [-0.2, -0.15) is 5.10 Å². The van der Waals surface area contributed by atoms with Crippen molar-refractivity contribution in [1.29, 1.82) is 0 Å². The van der Waals surface area contributed by atoms with Crippen LogP contribution in [0, 0.1) is 5.92 Å². The number of ether oxygens (including phenoxy) is 2. The normalized spacial score (nSPS) is 21.9. The van der Waals surface area contributed by atoms with E-state index in [0.717, 1.165) is 11.1 Å². The first-order chi connectivity index (χ1) is 26.1. The van der Waals surface area contributed by atoms with Gasteiger partial charge in [0.25, 0.3) is 5.91 Å². The Hall–Kier alpha value is -5.72. The molecule has 2 heterocycles. The number of carbonyl (C=O) groups excluding carboxylic acids is 4. The first-order valence-electron chi connectivity index (χ1n) is 18.5. The summed E-state index contributed by atoms with van der Waals surface area (Å²) >= 11 is 0. The average molecular weight is 738 g/mol. The van der Waals surface area contributed by atoms with Gasteiger partial charge in [0.1, 0.15) is 48.5 Å². The smallest absolute Gasteiger partial charge is 0.255 e. The van der Waals surface area contributed by atoms with Gasteiger partial charge in [-0.3, -0.25) is 24.2 Å². The number of aliphatic imine (C=N–C) groups is 1. The summed E-state index contributed by atoms with van der Waals surface area (Å²) in [7, 11) is 1.63. The van der Waals surface area contributed by atoms with Gasteiger partial charge < -0.3 is 35.7 Å². The van der Waals surface area contributed by atoms with Gasteiger partial charge in [-0.25, -0.2) is 0 Å². The monoisotopic (exact) mass is 737 g/mol. The fourth-order valence-electron chi connectivity index (χ4n) is 6.71. The van der Waals surface area contributed by atoms with Crippen LogP contribution in [0.2, 0.25) is 0 Å². The van der Waals surface area contributed by atoms with Gasteiger partial charge in [0.05, 0.1) is 12.1 Å². The third-order valence-electron chi connectivity index (χ3n) is 9.53. The quantitative estimate of drug-likeness (QED) is 0.273. The lowest BCUT2D eigenvalue weighted by molar-refractivity contribution is -0.147. The summed E-state index contributed by atoms with van der Waals surface area (Å²) in [5.41, 5.74) is 2.46. The first kappa shape index (κ1) is 39.5. The van der Waals surface area contributed by atoms with Crippen LogP contribution in [0.5, 0.6) is 11.5 Å². The Morgan fingerprint density at radius 2 is 1.74 bits per heavy atom. The maximum absolute atomic E-state index is 14.3. The molecule has 2 aliphatic heterocycles. The molecule has 3 aromatic carbocycles. The molecular formula is C41H51N7O6. The Labute approximate surface area is 317 Å². The number of nitrogens with one attached hydrogen (secondary N) is 2. The number of hydrazone groups is 1. The number of carbonyl (C=O) groups is 4. The van der Waals surface area contributed by atoms with E-state index in [1.165, 1.54) is 11.1 Å². The van der Waals surface area contributed by atoms with Crippen molar-refractivity contribution in [3.63, 3.8) is 0 Å². The molecule has 0 radical (unpaired) electrons. The zero-order chi connectivity index (χ0) is 38.5. The molecule has 13 heteroatoms. The second-order valence-electron chi connectivity index (χ2n) is 14.0. The van der Waals surface area contributed by atoms with Crippen LogP contribution >= 0.6 is 0 Å². The lowest BCUT2D eigenvalue weighted by Gasteiger charge is -2.34. The van der Waals surface area contributed by atoms with Crippen LogP contribution in [0.25, 0.3) is 0 Å². The van der Waals surface area contributed by atoms with Crippen LogP contribution in [0.4, 0.5) is 0 Å². The third kappa shape index (κ3) is 10.7. The average Bonchev–Trinajstić information content (AvgIpc) is 3.67. The number of hydrogen-bond acceptors (Lipinski definition) is 9. The van der Waals surface area contributed by atoms with Gasteiger partial charge in [0.15, 0.2) is 0 Å². The number of para-hydroxylation sites is 1. The van der Waals surface area contributed by atoms with E-state index in [1.807, 2.05) is 68.4 Å². The van der Waals surface area contributed by atoms with E-state index in [0.29, 0.717) is 69.8 Å². The summed E-state index contributed by atoms with van der Waals surface area (Å²) in [6.07, 6.45) is 3.76. The molecule has 0 aromatic heterocycles. The number of hydrogen-bond donors (Lipinski definition) is 3. The lowest BCUT2D eigenvalue weighted by Crippen LogP contribution is -2.57. The zero-order valence-corrected chi connectivity index (χ0v) is 31.3. The summed E-state index contributed by atoms with van der Waals surface area (Å²) in [5, 5.41) is 9.76. The van der Waals surface area contributed by atoms with Gasteiger partial charge >= 0.3 is 0 Å². The molecule has 286 valence electrons. The van der Waals surface area contributed by atoms with Crippen molar-refractivity contribution in [2.24, 2.45) is 21.9 Å². The minimum atomic E-state index is -0.903. The predicted octanol–water partition coefficient (Wildman–Crippen LogP) is 3.41. The third-order valence-corrected chi connectivity index (χ3v) is 9.53. The minimum Gasteiger partial charge on any atom is -0.492 e. The molecular weight excluding hydrogens is 686 g/mol. The summed E-state index contributed by atoms with van der Waals surface area (Å²) in [5.74, 6) is 5.18. The van der Waals surface area contributed by atoms with Crippen LogP contribution in [0.3, 0.4) is 0 Å². The standard InChI is InChI=1S/C41H51N7O6/c1-28(2)23-34-40(51)48-21-10-16-35(48)41(52)47(3)36(25-29-11-5-4-6-12-29)39(50)44-19-18-30-13-9-14-32(24-30)53-22-20-43-26-31(46-42)27-54-37-17-8-7-15-33(37)38(49)45-34/h4-9,11-15,17,24,26,28,34-36H,10,16,18-23,25,27,42H2,1-3H3,(H,44,50)(H,45,49)/t34-,35-,36+/m1/s1. The number of nitrogens with two attached hydrogens (primary N) is 1. The number of fused-ring (bicyclic) bond motifs is 4. The molecule has 4 amide bonds. The van der Waals surface area contributed by atoms with E-state index < -0.39 is 24.0 Å². The highest BCUT2D eigenvalue weighted by molar-refractivity contribution is 6.31. The summed E-state index contributed by atoms with van der Waals surface area (Å²) in [4.78, 5) is 63.7. The highest BCUT2D eigenvalue weighted by Crippen LogP contribution is 2.25. The maximum atomic E-state index is 14.3. The lowest BCUT2D eigenvalue weighted by atomic mass is 10.0. The summed E-state index contributed by atoms with van der Waals surface area (Å²) in [6.45, 7) is 5.22. The maximum Gasteiger partial charge on any atom is 0.255 e. The SMILES string of the molecule is CC(C)C[C@H]1NC(=O)c2ccccc2OCC(=NN)C=NCCOc2cccc(c2)CCNC(=O)[C@H](Cc2ccccc2)N(C)C(=O)[C@H]2CCCN2C1=O. The van der Waals surface area contributed by atoms with Crippen LogP contribution in [-0.2, 0) is 27.2 Å². The zero-order valence-electron chi connectivity index (χ0n) is 31.3. The van der Waals surface area contributed by atoms with Crippen LogP contribution < -0.4 is 25.9 Å². The van der Waals surface area contributed by atoms with Crippen LogP contribution in [0.1, 0.15) is 54.6 Å². The highest BCUT2D eigenvalue weighted by atomic mass is 16.5. The molecule has 0 saturated carbocycles. The molecule has 54 heavy (non-hydrogen) atoms. The van der Waals surface area contributed by atoms with Crippen molar-refractivity contribution >= 4 is 35.6 Å². The van der Waals surface area contributed by atoms with E-state index in [9.17, 15) is 19.2 Å². The van der Waals surface area contributed by atoms with Crippen molar-refractivity contribution in [3.8, 4) is 11.5 Å². The second-order valence-corrected chi connectivity index (χ2v) is 14.0. The Bertz CT molecular complexity index is 1810. The molecule has 4 N–H and O–H groups in total. The van der Waals surface area contributed by atoms with Crippen LogP contribution in [-0.4, -0.2) is 103 Å². The van der Waals surface area contributed by atoms with E-state index >= 15 is 0 Å². The van der Waals surface area contributed by atoms with E-state index in [-0.39, 0.29) is 41.6 Å². The number of benzene rings is 3. The Morgan fingerprint density at radius 1 is 0.963 bits per heavy atom. The topological polar surface area (TPSA) is 168 Å². The fraction of sp³-hybridized carbons (Fsp3) is 0.415. The number of amides is 4. The second kappa shape index (κ2) is 19.4. The number of rotatable bonds is 4. The molecule has 1 saturated heterocycles. The molecule has 0 spiro atoms. The molecule has 5 rings (SSSR count). The molecule has 1 fully saturated rings. The molecule has 3 aromatic rings. The Morgan fingerprint density at radius 3 is 2.52 bits per heavy atom. The molecule has 2 bridgehead atoms. The highest BCUT2D eigenvalue weighted by Gasteiger charge is 2.41. The summed E-state index contributed by atoms with van der Waals surface area (Å²) in [6, 6.07) is 21.4. The molecule has 0 unspecified atom stereocenters. The van der Waals surface area contributed by atoms with Gasteiger partial charge in [0, 0.05) is 32.8 Å². The summed E-state index contributed by atoms with van der Waals surface area (Å²) < 4.78 is 11.9. The first-order valence-corrected chi connectivity index (χ1v) is 18.5. The Balaban J connectivity index is 1.44. The van der Waals surface area contributed by atoms with Crippen LogP contribution in [0.15, 0.2) is 89.0 Å².